The van der Waals surface area contributed by atoms with E-state index < -0.39 is 5.97 Å². The Labute approximate surface area is 211 Å². The molecule has 1 N–H and O–H groups in total. The van der Waals surface area contributed by atoms with Gasteiger partial charge in [-0.2, -0.15) is 0 Å². The third-order valence-corrected chi connectivity index (χ3v) is 4.98. The molecule has 2 aromatic rings. The maximum atomic E-state index is 11.4. The Bertz CT molecular complexity index is 683. The van der Waals surface area contributed by atoms with E-state index in [9.17, 15) is 9.90 Å². The maximum absolute atomic E-state index is 11.4. The van der Waals surface area contributed by atoms with Crippen molar-refractivity contribution in [2.75, 3.05) is 0 Å². The van der Waals surface area contributed by atoms with Crippen molar-refractivity contribution < 1.29 is 71.1 Å². The summed E-state index contributed by atoms with van der Waals surface area (Å²) in [5, 5.41) is 20.2. The summed E-state index contributed by atoms with van der Waals surface area (Å²) in [4.78, 5) is 10.8. The normalized spacial score (nSPS) is 9.95. The molecule has 0 spiro atoms. The molecule has 110 valence electrons. The Balaban J connectivity index is 0.00000242. The molecule has 2 aromatic carbocycles. The molecule has 0 saturated heterocycles. The summed E-state index contributed by atoms with van der Waals surface area (Å²) in [5.41, 5.74) is 0.730. The number of benzene rings is 2. The summed E-state index contributed by atoms with van der Waals surface area (Å²) < 4.78 is 8.09. The van der Waals surface area contributed by atoms with Gasteiger partial charge in [0.25, 0.3) is 0 Å². The summed E-state index contributed by atoms with van der Waals surface area (Å²) in [6.07, 6.45) is -0.0188. The monoisotopic (exact) mass is 660 g/mol. The van der Waals surface area contributed by atoms with Crippen LogP contribution >= 0.6 is 67.8 Å². The van der Waals surface area contributed by atoms with E-state index in [1.165, 1.54) is 6.07 Å². The average molecular weight is 660 g/mol. The Hall–Kier alpha value is 1.34. The number of carbonyl (C=O) groups is 1. The molecule has 0 atom stereocenters. The summed E-state index contributed by atoms with van der Waals surface area (Å²) in [6, 6.07) is 8.36. The van der Waals surface area contributed by atoms with Crippen LogP contribution in [0.2, 0.25) is 0 Å². The number of halogens is 3. The van der Waals surface area contributed by atoms with E-state index >= 15 is 0 Å². The molecule has 0 aliphatic heterocycles. The first-order valence-electron chi connectivity index (χ1n) is 5.71. The molecule has 0 aliphatic rings. The van der Waals surface area contributed by atoms with Crippen molar-refractivity contribution in [1.29, 1.82) is 0 Å². The quantitative estimate of drug-likeness (QED) is 0.393. The Kier molecular flexibility index (Phi) is 9.45. The molecule has 2 rings (SSSR count). The predicted molar refractivity (Wildman–Crippen MR) is 102 cm³/mol. The van der Waals surface area contributed by atoms with Crippen molar-refractivity contribution in [3.63, 3.8) is 0 Å². The minimum atomic E-state index is -0.865. The van der Waals surface area contributed by atoms with E-state index in [-0.39, 0.29) is 63.6 Å². The molecule has 0 unspecified atom stereocenters. The molecule has 0 amide bonds. The number of aliphatic carboxylic acids is 1. The van der Waals surface area contributed by atoms with Gasteiger partial charge in [-0.15, -0.1) is 0 Å². The number of hydrogen-bond acceptors (Lipinski definition) is 3. The van der Waals surface area contributed by atoms with E-state index in [2.05, 4.69) is 45.2 Å². The van der Waals surface area contributed by atoms with Crippen molar-refractivity contribution >= 4 is 73.7 Å². The van der Waals surface area contributed by atoms with E-state index in [0.29, 0.717) is 15.1 Å². The van der Waals surface area contributed by atoms with Gasteiger partial charge in [-0.05, 0) is 97.6 Å². The standard InChI is InChI=1S/C14H9I3O4.K/c15-9-6-8(1-2-12(9)18)21-14-10(16)3-7(4-11(14)17)5-13(19)20;/h1-4,6,18H,5H2,(H,19,20);/q;+1/p-1. The van der Waals surface area contributed by atoms with Crippen LogP contribution in [0.3, 0.4) is 0 Å². The van der Waals surface area contributed by atoms with Gasteiger partial charge in [-0.1, -0.05) is 11.8 Å². The van der Waals surface area contributed by atoms with E-state index in [4.69, 9.17) is 9.84 Å². The van der Waals surface area contributed by atoms with Crippen LogP contribution in [0, 0.1) is 10.7 Å². The van der Waals surface area contributed by atoms with Crippen molar-refractivity contribution in [1.82, 2.24) is 0 Å². The largest absolute Gasteiger partial charge is 1.00 e. The molecule has 8 heteroatoms. The first-order chi connectivity index (χ1) is 9.86. The second kappa shape index (κ2) is 9.72. The molecule has 0 fully saturated rings. The fraction of sp³-hybridized carbons (Fsp3) is 0.0714. The number of carboxylic acid groups (broad SMARTS) is 1. The predicted octanol–water partition coefficient (Wildman–Crippen LogP) is 0.997. The molecule has 0 bridgehead atoms. The summed E-state index contributed by atoms with van der Waals surface area (Å²) in [7, 11) is 0. The zero-order valence-corrected chi connectivity index (χ0v) is 21.0. The minimum Gasteiger partial charge on any atom is -0.872 e. The molecule has 0 aliphatic carbocycles. The van der Waals surface area contributed by atoms with Crippen LogP contribution < -0.4 is 61.2 Å². The van der Waals surface area contributed by atoms with Gasteiger partial charge >= 0.3 is 57.4 Å². The molecule has 4 nitrogen and oxygen atoms in total. The molecule has 22 heavy (non-hydrogen) atoms. The van der Waals surface area contributed by atoms with Crippen molar-refractivity contribution in [3.8, 4) is 17.2 Å². The van der Waals surface area contributed by atoms with E-state index in [0.717, 1.165) is 12.7 Å². The van der Waals surface area contributed by atoms with Crippen LogP contribution in [-0.4, -0.2) is 11.1 Å². The van der Waals surface area contributed by atoms with Crippen molar-refractivity contribution in [2.45, 2.75) is 6.42 Å². The third-order valence-electron chi connectivity index (χ3n) is 2.54. The van der Waals surface area contributed by atoms with Gasteiger partial charge in [-0.25, -0.2) is 0 Å². The molecule has 0 heterocycles. The van der Waals surface area contributed by atoms with Crippen LogP contribution in [0.25, 0.3) is 0 Å². The maximum Gasteiger partial charge on any atom is 1.00 e. The van der Waals surface area contributed by atoms with Gasteiger partial charge in [0.05, 0.1) is 13.6 Å². The number of carboxylic acids is 1. The van der Waals surface area contributed by atoms with Gasteiger partial charge in [0.15, 0.2) is 5.75 Å². The van der Waals surface area contributed by atoms with Gasteiger partial charge in [0.2, 0.25) is 0 Å². The summed E-state index contributed by atoms with van der Waals surface area (Å²) in [5.74, 6) is 0.348. The molecule has 0 saturated carbocycles. The SMILES string of the molecule is O=C(O)Cc1cc(I)c(Oc2ccc([O-])c(I)c2)c(I)c1.[K+]. The van der Waals surface area contributed by atoms with E-state index in [1.807, 2.05) is 22.6 Å². The number of ether oxygens (including phenoxy) is 1. The number of hydrogen-bond donors (Lipinski definition) is 1. The van der Waals surface area contributed by atoms with Crippen LogP contribution in [0.15, 0.2) is 30.3 Å². The topological polar surface area (TPSA) is 69.6 Å². The van der Waals surface area contributed by atoms with Gasteiger partial charge in [-0.3, -0.25) is 4.79 Å². The summed E-state index contributed by atoms with van der Waals surface area (Å²) >= 11 is 6.20. The van der Waals surface area contributed by atoms with Crippen molar-refractivity contribution in [2.24, 2.45) is 0 Å². The van der Waals surface area contributed by atoms with Crippen LogP contribution in [-0.2, 0) is 11.2 Å². The Morgan fingerprint density at radius 1 is 1.09 bits per heavy atom. The van der Waals surface area contributed by atoms with Gasteiger partial charge in [0, 0.05) is 3.57 Å². The zero-order valence-electron chi connectivity index (χ0n) is 11.4. The fourth-order valence-electron chi connectivity index (χ4n) is 1.65. The minimum absolute atomic E-state index is 0. The van der Waals surface area contributed by atoms with Gasteiger partial charge in [0.1, 0.15) is 5.75 Å². The molecular formula is C14H8I3KO4. The number of rotatable bonds is 4. The average Bonchev–Trinajstić information content (AvgIpc) is 2.37. The third kappa shape index (κ3) is 6.00. The molecule has 0 aromatic heterocycles. The van der Waals surface area contributed by atoms with Gasteiger partial charge < -0.3 is 14.9 Å². The Morgan fingerprint density at radius 3 is 2.18 bits per heavy atom. The second-order valence-electron chi connectivity index (χ2n) is 4.15. The smallest absolute Gasteiger partial charge is 0.872 e. The zero-order chi connectivity index (χ0) is 15.6. The van der Waals surface area contributed by atoms with Crippen LogP contribution in [0.5, 0.6) is 17.2 Å². The first kappa shape index (κ1) is 21.4. The fourth-order valence-corrected chi connectivity index (χ4v) is 4.25. The molecular weight excluding hydrogens is 652 g/mol. The second-order valence-corrected chi connectivity index (χ2v) is 7.64. The van der Waals surface area contributed by atoms with Crippen LogP contribution in [0.4, 0.5) is 0 Å². The summed E-state index contributed by atoms with van der Waals surface area (Å²) in [6.45, 7) is 0. The first-order valence-corrected chi connectivity index (χ1v) is 8.94. The Morgan fingerprint density at radius 2 is 1.68 bits per heavy atom. The van der Waals surface area contributed by atoms with Crippen molar-refractivity contribution in [3.05, 3.63) is 46.6 Å². The molecule has 0 radical (unpaired) electrons. The van der Waals surface area contributed by atoms with E-state index in [1.54, 1.807) is 24.3 Å². The van der Waals surface area contributed by atoms with Crippen LogP contribution in [0.1, 0.15) is 5.56 Å².